The molecule has 0 atom stereocenters. The van der Waals surface area contributed by atoms with Crippen LogP contribution in [0, 0.1) is 11.6 Å². The smallest absolute Gasteiger partial charge is 0.131 e. The van der Waals surface area contributed by atoms with Crippen molar-refractivity contribution in [3.63, 3.8) is 0 Å². The highest BCUT2D eigenvalue weighted by Crippen LogP contribution is 2.02. The zero-order chi connectivity index (χ0) is 9.19. The Morgan fingerprint density at radius 1 is 1.25 bits per heavy atom. The molecule has 0 aliphatic carbocycles. The second-order valence-electron chi connectivity index (χ2n) is 4.15. The molecule has 66 valence electrons. The van der Waals surface area contributed by atoms with E-state index in [1.54, 1.807) is 0 Å². The van der Waals surface area contributed by atoms with Crippen molar-refractivity contribution in [3.8, 4) is 11.6 Å². The minimum Gasteiger partial charge on any atom is -0.361 e. The summed E-state index contributed by atoms with van der Waals surface area (Å²) in [4.78, 5) is 4.14. The monoisotopic (exact) mass is 180 g/mol. The molecule has 1 rings (SSSR count). The van der Waals surface area contributed by atoms with Gasteiger partial charge in [0.1, 0.15) is 14.7 Å². The van der Waals surface area contributed by atoms with E-state index in [-0.39, 0.29) is 0 Å². The molecule has 1 aliphatic heterocycles. The Kier molecular flexibility index (Phi) is 2.48. The van der Waals surface area contributed by atoms with E-state index >= 15 is 0 Å². The summed E-state index contributed by atoms with van der Waals surface area (Å²) in [7, 11) is 0.846. The van der Waals surface area contributed by atoms with Gasteiger partial charge in [0.2, 0.25) is 0 Å². The van der Waals surface area contributed by atoms with Crippen LogP contribution < -0.4 is 0 Å². The van der Waals surface area contributed by atoms with Gasteiger partial charge in [0, 0.05) is 25.5 Å². The van der Waals surface area contributed by atoms with Gasteiger partial charge in [-0.25, -0.2) is 0 Å². The molecule has 0 aromatic heterocycles. The van der Waals surface area contributed by atoms with Crippen LogP contribution in [0.1, 0.15) is 0 Å². The first-order chi connectivity index (χ1) is 5.47. The van der Waals surface area contributed by atoms with Crippen molar-refractivity contribution in [2.24, 2.45) is 0 Å². The van der Waals surface area contributed by atoms with E-state index < -0.39 is 8.07 Å². The normalized spacial score (nSPS) is 16.3. The van der Waals surface area contributed by atoms with E-state index in [1.165, 1.54) is 0 Å². The summed E-state index contributed by atoms with van der Waals surface area (Å²) in [6.45, 7) is 7.66. The second kappa shape index (κ2) is 3.24. The number of nitrogens with zero attached hydrogens (tertiary/aromatic N) is 2. The van der Waals surface area contributed by atoms with Crippen molar-refractivity contribution >= 4 is 8.07 Å². The lowest BCUT2D eigenvalue weighted by atomic mass is 10.8. The summed E-state index contributed by atoms with van der Waals surface area (Å²) in [6.07, 6.45) is 4.06. The minimum absolute atomic E-state index is 0.900. The second-order valence-corrected chi connectivity index (χ2v) is 8.90. The average molecular weight is 180 g/mol. The molecule has 0 aromatic carbocycles. The maximum atomic E-state index is 3.32. The quantitative estimate of drug-likeness (QED) is 0.412. The van der Waals surface area contributed by atoms with Crippen LogP contribution in [0.2, 0.25) is 19.6 Å². The van der Waals surface area contributed by atoms with Gasteiger partial charge in [-0.1, -0.05) is 19.6 Å². The summed E-state index contributed by atoms with van der Waals surface area (Å²) in [6, 6.07) is 3.17. The molecule has 2 nitrogen and oxygen atoms in total. The Morgan fingerprint density at radius 3 is 2.33 bits per heavy atom. The van der Waals surface area contributed by atoms with Crippen LogP contribution in [0.3, 0.4) is 0 Å². The maximum Gasteiger partial charge on any atom is 0.131 e. The van der Waals surface area contributed by atoms with Crippen LogP contribution >= 0.6 is 0 Å². The summed E-state index contributed by atoms with van der Waals surface area (Å²) in [5.74, 6) is 0. The summed E-state index contributed by atoms with van der Waals surface area (Å²) in [5.41, 5.74) is 3.32. The summed E-state index contributed by atoms with van der Waals surface area (Å²) < 4.78 is 0. The lowest BCUT2D eigenvalue weighted by Gasteiger charge is -2.11. The first-order valence-corrected chi connectivity index (χ1v) is 7.65. The standard InChI is InChI=1S/C9H16N2Si/c1-10-5-6-11(9-10)7-8-12(2,3)4/h5-6H,9H2,1-4H3. The molecule has 0 unspecified atom stereocenters. The van der Waals surface area contributed by atoms with Crippen LogP contribution in [0.25, 0.3) is 0 Å². The molecular formula is C9H16N2Si. The van der Waals surface area contributed by atoms with Gasteiger partial charge in [-0.15, -0.1) is 5.54 Å². The zero-order valence-corrected chi connectivity index (χ0v) is 9.26. The van der Waals surface area contributed by atoms with Crippen molar-refractivity contribution in [1.82, 2.24) is 9.80 Å². The molecule has 0 spiro atoms. The highest BCUT2D eigenvalue weighted by molar-refractivity contribution is 6.83. The van der Waals surface area contributed by atoms with Crippen LogP contribution in [0.5, 0.6) is 0 Å². The summed E-state index contributed by atoms with van der Waals surface area (Å²) >= 11 is 0. The third kappa shape index (κ3) is 3.01. The SMILES string of the molecule is CN1C=CN(C#C[Si](C)(C)C)C1. The fraction of sp³-hybridized carbons (Fsp3) is 0.556. The fourth-order valence-electron chi connectivity index (χ4n) is 0.841. The molecule has 0 saturated carbocycles. The molecule has 0 saturated heterocycles. The van der Waals surface area contributed by atoms with Crippen LogP contribution in [-0.4, -0.2) is 31.6 Å². The van der Waals surface area contributed by atoms with Gasteiger partial charge in [0.05, 0.1) is 0 Å². The predicted octanol–water partition coefficient (Wildman–Crippen LogP) is 1.50. The van der Waals surface area contributed by atoms with E-state index in [2.05, 4.69) is 36.1 Å². The first-order valence-electron chi connectivity index (χ1n) is 4.15. The van der Waals surface area contributed by atoms with Gasteiger partial charge in [-0.05, 0) is 0 Å². The molecule has 0 N–H and O–H groups in total. The van der Waals surface area contributed by atoms with Crippen molar-refractivity contribution < 1.29 is 0 Å². The summed E-state index contributed by atoms with van der Waals surface area (Å²) in [5, 5.41) is 0. The van der Waals surface area contributed by atoms with E-state index in [0.29, 0.717) is 0 Å². The van der Waals surface area contributed by atoms with Crippen molar-refractivity contribution in [3.05, 3.63) is 12.4 Å². The third-order valence-electron chi connectivity index (χ3n) is 1.45. The van der Waals surface area contributed by atoms with Crippen molar-refractivity contribution in [2.45, 2.75) is 19.6 Å². The lowest BCUT2D eigenvalue weighted by molar-refractivity contribution is 0.376. The molecule has 3 heteroatoms. The van der Waals surface area contributed by atoms with Gasteiger partial charge >= 0.3 is 0 Å². The zero-order valence-electron chi connectivity index (χ0n) is 8.26. The maximum absolute atomic E-state index is 3.32. The first kappa shape index (κ1) is 9.21. The third-order valence-corrected chi connectivity index (χ3v) is 2.31. The number of hydrogen-bond acceptors (Lipinski definition) is 2. The van der Waals surface area contributed by atoms with Crippen molar-refractivity contribution in [2.75, 3.05) is 13.7 Å². The van der Waals surface area contributed by atoms with E-state index in [1.807, 2.05) is 24.3 Å². The molecule has 1 heterocycles. The number of rotatable bonds is 0. The average Bonchev–Trinajstić information content (AvgIpc) is 2.30. The van der Waals surface area contributed by atoms with E-state index in [9.17, 15) is 0 Å². The Morgan fingerprint density at radius 2 is 1.92 bits per heavy atom. The topological polar surface area (TPSA) is 6.48 Å². The van der Waals surface area contributed by atoms with Crippen molar-refractivity contribution in [1.29, 1.82) is 0 Å². The Balaban J connectivity index is 2.52. The largest absolute Gasteiger partial charge is 0.361 e. The van der Waals surface area contributed by atoms with Crippen LogP contribution in [-0.2, 0) is 0 Å². The lowest BCUT2D eigenvalue weighted by Crippen LogP contribution is -2.21. The van der Waals surface area contributed by atoms with E-state index in [4.69, 9.17) is 0 Å². The number of hydrogen-bond donors (Lipinski definition) is 0. The molecule has 1 aliphatic rings. The van der Waals surface area contributed by atoms with Crippen LogP contribution in [0.15, 0.2) is 12.4 Å². The van der Waals surface area contributed by atoms with Crippen LogP contribution in [0.4, 0.5) is 0 Å². The van der Waals surface area contributed by atoms with Gasteiger partial charge in [-0.3, -0.25) is 4.90 Å². The van der Waals surface area contributed by atoms with Gasteiger partial charge in [-0.2, -0.15) is 0 Å². The van der Waals surface area contributed by atoms with Gasteiger partial charge < -0.3 is 4.90 Å². The Labute approximate surface area is 75.9 Å². The minimum atomic E-state index is -1.20. The molecule has 0 bridgehead atoms. The molecule has 0 fully saturated rings. The Bertz CT molecular complexity index is 241. The Hall–Kier alpha value is -0.883. The predicted molar refractivity (Wildman–Crippen MR) is 54.7 cm³/mol. The molecule has 0 radical (unpaired) electrons. The highest BCUT2D eigenvalue weighted by atomic mass is 28.3. The molecular weight excluding hydrogens is 164 g/mol. The van der Waals surface area contributed by atoms with Gasteiger partial charge in [0.15, 0.2) is 0 Å². The fourth-order valence-corrected chi connectivity index (χ4v) is 1.32. The van der Waals surface area contributed by atoms with E-state index in [0.717, 1.165) is 6.67 Å². The molecule has 0 aromatic rings. The highest BCUT2D eigenvalue weighted by Gasteiger charge is 2.09. The van der Waals surface area contributed by atoms with Gasteiger partial charge in [0.25, 0.3) is 0 Å². The molecule has 0 amide bonds. The molecule has 12 heavy (non-hydrogen) atoms.